The number of hydrogen-bond acceptors (Lipinski definition) is 3. The van der Waals surface area contributed by atoms with E-state index in [0.717, 1.165) is 12.8 Å². The molecule has 2 N–H and O–H groups in total. The third kappa shape index (κ3) is 5.74. The highest BCUT2D eigenvalue weighted by atomic mass is 16.3. The molecule has 0 saturated heterocycles. The average Bonchev–Trinajstić information content (AvgIpc) is 2.13. The summed E-state index contributed by atoms with van der Waals surface area (Å²) in [4.78, 5) is 13.0. The Morgan fingerprint density at radius 1 is 1.53 bits per heavy atom. The molecule has 0 aromatic rings. The molecule has 0 spiro atoms. The lowest BCUT2D eigenvalue weighted by atomic mass is 10.0. The molecule has 15 heavy (non-hydrogen) atoms. The molecule has 0 aromatic carbocycles. The molecule has 0 bridgehead atoms. The minimum Gasteiger partial charge on any atom is -0.389 e. The van der Waals surface area contributed by atoms with E-state index < -0.39 is 5.60 Å². The Hall–Kier alpha value is -0.610. The van der Waals surface area contributed by atoms with Crippen molar-refractivity contribution in [1.82, 2.24) is 10.2 Å². The second kappa shape index (κ2) is 6.08. The van der Waals surface area contributed by atoms with Crippen molar-refractivity contribution in [2.24, 2.45) is 0 Å². The van der Waals surface area contributed by atoms with Crippen LogP contribution < -0.4 is 5.32 Å². The van der Waals surface area contributed by atoms with Crippen LogP contribution >= 0.6 is 0 Å². The fraction of sp³-hybridized carbons (Fsp3) is 0.909. The van der Waals surface area contributed by atoms with Crippen molar-refractivity contribution in [2.45, 2.75) is 45.3 Å². The van der Waals surface area contributed by atoms with Gasteiger partial charge in [0.25, 0.3) is 0 Å². The van der Waals surface area contributed by atoms with E-state index in [1.807, 2.05) is 13.8 Å². The predicted octanol–water partition coefficient (Wildman–Crippen LogP) is 0.604. The highest BCUT2D eigenvalue weighted by molar-refractivity contribution is 5.80. The molecule has 0 aliphatic heterocycles. The molecule has 0 rings (SSSR count). The summed E-state index contributed by atoms with van der Waals surface area (Å²) in [5, 5.41) is 12.9. The zero-order valence-corrected chi connectivity index (χ0v) is 10.5. The summed E-state index contributed by atoms with van der Waals surface area (Å²) in [5.74, 6) is 0.0299. The van der Waals surface area contributed by atoms with E-state index in [1.165, 1.54) is 0 Å². The predicted molar refractivity (Wildman–Crippen MR) is 61.7 cm³/mol. The van der Waals surface area contributed by atoms with Crippen LogP contribution in [0.25, 0.3) is 0 Å². The number of carbonyl (C=O) groups is 1. The standard InChI is InChI=1S/C11H24N2O2/c1-6-7-11(3,15)8-12-9(2)10(14)13(4)5/h9,12,15H,6-8H2,1-5H3. The first-order valence-electron chi connectivity index (χ1n) is 5.47. The van der Waals surface area contributed by atoms with Gasteiger partial charge in [-0.2, -0.15) is 0 Å². The van der Waals surface area contributed by atoms with Gasteiger partial charge in [0.2, 0.25) is 5.91 Å². The van der Waals surface area contributed by atoms with Crippen molar-refractivity contribution < 1.29 is 9.90 Å². The number of hydrogen-bond donors (Lipinski definition) is 2. The largest absolute Gasteiger partial charge is 0.389 e. The van der Waals surface area contributed by atoms with Crippen molar-refractivity contribution in [3.05, 3.63) is 0 Å². The van der Waals surface area contributed by atoms with Crippen LogP contribution in [0.15, 0.2) is 0 Å². The van der Waals surface area contributed by atoms with Gasteiger partial charge < -0.3 is 15.3 Å². The van der Waals surface area contributed by atoms with Crippen LogP contribution in [0, 0.1) is 0 Å². The molecule has 2 unspecified atom stereocenters. The molecule has 4 nitrogen and oxygen atoms in total. The van der Waals surface area contributed by atoms with Gasteiger partial charge >= 0.3 is 0 Å². The van der Waals surface area contributed by atoms with Crippen LogP contribution in [0.5, 0.6) is 0 Å². The monoisotopic (exact) mass is 216 g/mol. The van der Waals surface area contributed by atoms with Crippen molar-refractivity contribution in [1.29, 1.82) is 0 Å². The summed E-state index contributed by atoms with van der Waals surface area (Å²) in [6, 6.07) is -0.247. The summed E-state index contributed by atoms with van der Waals surface area (Å²) >= 11 is 0. The molecule has 0 saturated carbocycles. The lowest BCUT2D eigenvalue weighted by molar-refractivity contribution is -0.130. The summed E-state index contributed by atoms with van der Waals surface area (Å²) in [6.45, 7) is 6.07. The Morgan fingerprint density at radius 2 is 2.07 bits per heavy atom. The molecule has 0 aliphatic rings. The molecule has 0 aliphatic carbocycles. The van der Waals surface area contributed by atoms with Gasteiger partial charge in [-0.25, -0.2) is 0 Å². The molecule has 0 aromatic heterocycles. The van der Waals surface area contributed by atoms with Crippen LogP contribution in [0.3, 0.4) is 0 Å². The SMILES string of the molecule is CCCC(C)(O)CNC(C)C(=O)N(C)C. The Labute approximate surface area is 92.7 Å². The van der Waals surface area contributed by atoms with Gasteiger partial charge in [-0.3, -0.25) is 4.79 Å². The summed E-state index contributed by atoms with van der Waals surface area (Å²) in [5.41, 5.74) is -0.727. The molecule has 0 fully saturated rings. The van der Waals surface area contributed by atoms with E-state index in [-0.39, 0.29) is 11.9 Å². The topological polar surface area (TPSA) is 52.6 Å². The van der Waals surface area contributed by atoms with Crippen molar-refractivity contribution >= 4 is 5.91 Å². The fourth-order valence-corrected chi connectivity index (χ4v) is 1.47. The first-order valence-corrected chi connectivity index (χ1v) is 5.47. The van der Waals surface area contributed by atoms with Crippen molar-refractivity contribution in [3.63, 3.8) is 0 Å². The first-order chi connectivity index (χ1) is 6.80. The number of amides is 1. The molecule has 0 heterocycles. The van der Waals surface area contributed by atoms with Gasteiger partial charge in [-0.15, -0.1) is 0 Å². The first kappa shape index (κ1) is 14.4. The number of aliphatic hydroxyl groups is 1. The van der Waals surface area contributed by atoms with Crippen LogP contribution in [-0.2, 0) is 4.79 Å². The molecule has 90 valence electrons. The van der Waals surface area contributed by atoms with Crippen LogP contribution in [0.4, 0.5) is 0 Å². The second-order valence-corrected chi connectivity index (χ2v) is 4.58. The van der Waals surface area contributed by atoms with Gasteiger partial charge in [0.05, 0.1) is 11.6 Å². The average molecular weight is 216 g/mol. The second-order valence-electron chi connectivity index (χ2n) is 4.58. The highest BCUT2D eigenvalue weighted by Gasteiger charge is 2.22. The maximum atomic E-state index is 11.5. The van der Waals surface area contributed by atoms with Gasteiger partial charge in [0.1, 0.15) is 0 Å². The van der Waals surface area contributed by atoms with Crippen molar-refractivity contribution in [3.8, 4) is 0 Å². The Bertz CT molecular complexity index is 203. The molecular weight excluding hydrogens is 192 g/mol. The molecule has 4 heteroatoms. The summed E-state index contributed by atoms with van der Waals surface area (Å²) < 4.78 is 0. The number of nitrogens with one attached hydrogen (secondary N) is 1. The maximum absolute atomic E-state index is 11.5. The van der Waals surface area contributed by atoms with Crippen LogP contribution in [0.2, 0.25) is 0 Å². The van der Waals surface area contributed by atoms with Gasteiger partial charge in [0.15, 0.2) is 0 Å². The number of rotatable bonds is 6. The van der Waals surface area contributed by atoms with E-state index >= 15 is 0 Å². The number of carbonyl (C=O) groups excluding carboxylic acids is 1. The van der Waals surface area contributed by atoms with E-state index in [2.05, 4.69) is 5.32 Å². The van der Waals surface area contributed by atoms with Gasteiger partial charge in [0, 0.05) is 20.6 Å². The summed E-state index contributed by atoms with van der Waals surface area (Å²) in [6.07, 6.45) is 1.67. The van der Waals surface area contributed by atoms with Crippen LogP contribution in [-0.4, -0.2) is 48.2 Å². The van der Waals surface area contributed by atoms with Gasteiger partial charge in [-0.05, 0) is 20.3 Å². The van der Waals surface area contributed by atoms with E-state index in [0.29, 0.717) is 6.54 Å². The highest BCUT2D eigenvalue weighted by Crippen LogP contribution is 2.10. The van der Waals surface area contributed by atoms with Crippen molar-refractivity contribution in [2.75, 3.05) is 20.6 Å². The molecule has 0 radical (unpaired) electrons. The number of nitrogens with zero attached hydrogens (tertiary/aromatic N) is 1. The quantitative estimate of drug-likeness (QED) is 0.684. The minimum atomic E-state index is -0.727. The third-order valence-corrected chi connectivity index (χ3v) is 2.39. The lowest BCUT2D eigenvalue weighted by Crippen LogP contribution is -2.47. The Morgan fingerprint density at radius 3 is 2.47 bits per heavy atom. The Kier molecular flexibility index (Phi) is 5.83. The van der Waals surface area contributed by atoms with E-state index in [1.54, 1.807) is 25.9 Å². The number of likely N-dealkylation sites (N-methyl/N-ethyl adjacent to an activating group) is 1. The normalized spacial score (nSPS) is 16.9. The Balaban J connectivity index is 3.99. The smallest absolute Gasteiger partial charge is 0.238 e. The van der Waals surface area contributed by atoms with E-state index in [4.69, 9.17) is 0 Å². The summed E-state index contributed by atoms with van der Waals surface area (Å²) in [7, 11) is 3.45. The lowest BCUT2D eigenvalue weighted by Gasteiger charge is -2.26. The molecule has 2 atom stereocenters. The van der Waals surface area contributed by atoms with Gasteiger partial charge in [-0.1, -0.05) is 13.3 Å². The van der Waals surface area contributed by atoms with E-state index in [9.17, 15) is 9.90 Å². The fourth-order valence-electron chi connectivity index (χ4n) is 1.47. The third-order valence-electron chi connectivity index (χ3n) is 2.39. The zero-order valence-electron chi connectivity index (χ0n) is 10.5. The zero-order chi connectivity index (χ0) is 12.1. The van der Waals surface area contributed by atoms with Crippen LogP contribution in [0.1, 0.15) is 33.6 Å². The maximum Gasteiger partial charge on any atom is 0.238 e. The molecule has 1 amide bonds. The molecular formula is C11H24N2O2. The minimum absolute atomic E-state index is 0.0299.